The summed E-state index contributed by atoms with van der Waals surface area (Å²) in [7, 11) is 0. The maximum Gasteiger partial charge on any atom is 0.160 e. The van der Waals surface area contributed by atoms with Crippen LogP contribution in [0.5, 0.6) is 0 Å². The lowest BCUT2D eigenvalue weighted by atomic mass is 9.98. The highest BCUT2D eigenvalue weighted by Gasteiger charge is 2.22. The van der Waals surface area contributed by atoms with E-state index in [1.165, 1.54) is 9.40 Å². The smallest absolute Gasteiger partial charge is 0.160 e. The van der Waals surface area contributed by atoms with Crippen LogP contribution in [0.25, 0.3) is 70.8 Å². The highest BCUT2D eigenvalue weighted by molar-refractivity contribution is 7.26. The number of rotatable bonds is 4. The summed E-state index contributed by atoms with van der Waals surface area (Å²) in [6.45, 7) is 0. The van der Waals surface area contributed by atoms with Crippen molar-refractivity contribution in [2.45, 2.75) is 0 Å². The topological polar surface area (TPSA) is 78.3 Å². The van der Waals surface area contributed by atoms with E-state index in [1.807, 2.05) is 84.9 Å². The summed E-state index contributed by atoms with van der Waals surface area (Å²) in [5.41, 5.74) is 7.18. The van der Waals surface area contributed by atoms with Crippen LogP contribution in [-0.4, -0.2) is 14.5 Å². The lowest BCUT2D eigenvalue weighted by molar-refractivity contribution is 1.16. The minimum absolute atomic E-state index is 0.366. The van der Waals surface area contributed by atoms with Crippen LogP contribution in [0.4, 0.5) is 0 Å². The minimum Gasteiger partial charge on any atom is -0.306 e. The Morgan fingerprint density at radius 3 is 1.95 bits per heavy atom. The van der Waals surface area contributed by atoms with Crippen molar-refractivity contribution in [1.82, 2.24) is 14.5 Å². The molecule has 8 aromatic rings. The number of aromatic nitrogens is 3. The van der Waals surface area contributed by atoms with E-state index in [9.17, 15) is 10.5 Å². The first kappa shape index (κ1) is 25.6. The minimum atomic E-state index is 0.366. The van der Waals surface area contributed by atoms with Gasteiger partial charge in [0.2, 0.25) is 0 Å². The molecule has 0 amide bonds. The molecule has 0 fully saturated rings. The summed E-state index contributed by atoms with van der Waals surface area (Å²) >= 11 is 1.77. The monoisotopic (exact) mass is 579 g/mol. The normalized spacial score (nSPS) is 11.1. The molecule has 0 aliphatic rings. The predicted octanol–water partition coefficient (Wildman–Crippen LogP) is 9.53. The van der Waals surface area contributed by atoms with Crippen molar-refractivity contribution in [1.29, 1.82) is 10.5 Å². The van der Waals surface area contributed by atoms with E-state index >= 15 is 0 Å². The van der Waals surface area contributed by atoms with Gasteiger partial charge < -0.3 is 4.57 Å². The molecule has 0 radical (unpaired) electrons. The van der Waals surface area contributed by atoms with Crippen LogP contribution in [0.15, 0.2) is 127 Å². The predicted molar refractivity (Wildman–Crippen MR) is 177 cm³/mol. The zero-order valence-corrected chi connectivity index (χ0v) is 24.1. The lowest BCUT2D eigenvalue weighted by Gasteiger charge is -2.14. The summed E-state index contributed by atoms with van der Waals surface area (Å²) in [5.74, 6) is 0.517. The Morgan fingerprint density at radius 2 is 1.23 bits per heavy atom. The van der Waals surface area contributed by atoms with Gasteiger partial charge in [0, 0.05) is 32.2 Å². The van der Waals surface area contributed by atoms with Gasteiger partial charge in [0.15, 0.2) is 5.82 Å². The third-order valence-electron chi connectivity index (χ3n) is 7.91. The van der Waals surface area contributed by atoms with Crippen LogP contribution in [0.3, 0.4) is 0 Å². The van der Waals surface area contributed by atoms with E-state index in [4.69, 9.17) is 9.97 Å². The average Bonchev–Trinajstić information content (AvgIpc) is 3.63. The molecular formula is C38H21N5S. The molecule has 6 heteroatoms. The first-order chi connectivity index (χ1) is 21.7. The molecule has 8 rings (SSSR count). The third kappa shape index (κ3) is 3.98. The van der Waals surface area contributed by atoms with Crippen molar-refractivity contribution in [2.24, 2.45) is 0 Å². The van der Waals surface area contributed by atoms with Gasteiger partial charge in [-0.1, -0.05) is 103 Å². The number of fused-ring (bicyclic) bond motifs is 5. The zero-order valence-electron chi connectivity index (χ0n) is 23.3. The fourth-order valence-corrected chi connectivity index (χ4v) is 7.15. The van der Waals surface area contributed by atoms with E-state index in [2.05, 4.69) is 59.2 Å². The highest BCUT2D eigenvalue weighted by atomic mass is 32.1. The molecule has 3 aromatic heterocycles. The summed E-state index contributed by atoms with van der Waals surface area (Å²) in [5, 5.41) is 23.3. The van der Waals surface area contributed by atoms with E-state index < -0.39 is 0 Å². The van der Waals surface area contributed by atoms with Crippen LogP contribution in [0.1, 0.15) is 11.1 Å². The van der Waals surface area contributed by atoms with Gasteiger partial charge in [-0.05, 0) is 24.3 Å². The third-order valence-corrected chi connectivity index (χ3v) is 9.11. The zero-order chi connectivity index (χ0) is 29.6. The van der Waals surface area contributed by atoms with Crippen LogP contribution in [0, 0.1) is 22.7 Å². The van der Waals surface area contributed by atoms with Gasteiger partial charge in [0.25, 0.3) is 0 Å². The standard InChI is InChI=1S/C38H21N5S/c39-22-27-21-26(35-30(23-40)34(24-11-3-1-4-12-24)41-38(42-35)25-13-5-2-6-14-25)19-20-31(27)43-32-17-9-7-15-28(32)37-36(43)29-16-8-10-18-33(29)44-37/h1-21H. The van der Waals surface area contributed by atoms with Gasteiger partial charge in [-0.2, -0.15) is 10.5 Å². The molecule has 204 valence electrons. The Hall–Kier alpha value is -6.08. The van der Waals surface area contributed by atoms with Crippen molar-refractivity contribution >= 4 is 42.5 Å². The quantitative estimate of drug-likeness (QED) is 0.208. The van der Waals surface area contributed by atoms with E-state index in [0.29, 0.717) is 33.9 Å². The van der Waals surface area contributed by atoms with Gasteiger partial charge >= 0.3 is 0 Å². The molecular weight excluding hydrogens is 559 g/mol. The van der Waals surface area contributed by atoms with Crippen LogP contribution >= 0.6 is 11.3 Å². The Kier molecular flexibility index (Phi) is 6.01. The second-order valence-electron chi connectivity index (χ2n) is 10.4. The summed E-state index contributed by atoms with van der Waals surface area (Å²) < 4.78 is 4.59. The van der Waals surface area contributed by atoms with E-state index in [1.54, 1.807) is 11.3 Å². The fraction of sp³-hybridized carbons (Fsp3) is 0. The summed E-state index contributed by atoms with van der Waals surface area (Å²) in [6, 6.07) is 46.7. The molecule has 0 aliphatic heterocycles. The molecule has 5 aromatic carbocycles. The van der Waals surface area contributed by atoms with Crippen molar-refractivity contribution in [3.8, 4) is 51.7 Å². The number of thiophene rings is 1. The Bertz CT molecular complexity index is 2450. The van der Waals surface area contributed by atoms with Gasteiger partial charge in [0.1, 0.15) is 17.7 Å². The number of nitrogens with zero attached hydrogens (tertiary/aromatic N) is 5. The van der Waals surface area contributed by atoms with Crippen molar-refractivity contribution < 1.29 is 0 Å². The molecule has 0 spiro atoms. The molecule has 5 nitrogen and oxygen atoms in total. The maximum absolute atomic E-state index is 10.5. The molecule has 0 bridgehead atoms. The second-order valence-corrected chi connectivity index (χ2v) is 11.5. The van der Waals surface area contributed by atoms with Gasteiger partial charge in [-0.3, -0.25) is 0 Å². The molecule has 0 atom stereocenters. The average molecular weight is 580 g/mol. The van der Waals surface area contributed by atoms with Crippen LogP contribution < -0.4 is 0 Å². The lowest BCUT2D eigenvalue weighted by Crippen LogP contribution is -2.02. The number of nitriles is 2. The van der Waals surface area contributed by atoms with Crippen molar-refractivity contribution in [2.75, 3.05) is 0 Å². The molecule has 0 aliphatic carbocycles. The van der Waals surface area contributed by atoms with E-state index in [-0.39, 0.29) is 0 Å². The van der Waals surface area contributed by atoms with Gasteiger partial charge in [-0.15, -0.1) is 11.3 Å². The fourth-order valence-electron chi connectivity index (χ4n) is 5.93. The molecule has 0 saturated heterocycles. The van der Waals surface area contributed by atoms with Gasteiger partial charge in [-0.25, -0.2) is 9.97 Å². The Morgan fingerprint density at radius 1 is 0.591 bits per heavy atom. The summed E-state index contributed by atoms with van der Waals surface area (Å²) in [4.78, 5) is 9.78. The summed E-state index contributed by atoms with van der Waals surface area (Å²) in [6.07, 6.45) is 0. The first-order valence-electron chi connectivity index (χ1n) is 14.1. The Labute approximate surface area is 257 Å². The number of hydrogen-bond acceptors (Lipinski definition) is 5. The van der Waals surface area contributed by atoms with Gasteiger partial charge in [0.05, 0.1) is 38.4 Å². The number of para-hydroxylation sites is 1. The molecule has 3 heterocycles. The largest absolute Gasteiger partial charge is 0.306 e. The molecule has 0 saturated carbocycles. The maximum atomic E-state index is 10.5. The van der Waals surface area contributed by atoms with E-state index in [0.717, 1.165) is 38.6 Å². The number of benzene rings is 5. The molecule has 0 unspecified atom stereocenters. The van der Waals surface area contributed by atoms with Crippen LogP contribution in [-0.2, 0) is 0 Å². The first-order valence-corrected chi connectivity index (χ1v) is 15.0. The van der Waals surface area contributed by atoms with Crippen molar-refractivity contribution in [3.05, 3.63) is 139 Å². The van der Waals surface area contributed by atoms with Crippen molar-refractivity contribution in [3.63, 3.8) is 0 Å². The molecule has 0 N–H and O–H groups in total. The van der Waals surface area contributed by atoms with Crippen LogP contribution in [0.2, 0.25) is 0 Å². The highest BCUT2D eigenvalue weighted by Crippen LogP contribution is 2.43. The SMILES string of the molecule is N#Cc1cc(-c2nc(-c3ccccc3)nc(-c3ccccc3)c2C#N)ccc1-n1c2ccccc2c2sc3ccccc3c21. The second kappa shape index (κ2) is 10.3. The molecule has 44 heavy (non-hydrogen) atoms. The Balaban J connectivity index is 1.39. The number of hydrogen-bond donors (Lipinski definition) is 0.